The van der Waals surface area contributed by atoms with E-state index in [-0.39, 0.29) is 31.7 Å². The second kappa shape index (κ2) is 8.86. The maximum absolute atomic E-state index is 10.1. The van der Waals surface area contributed by atoms with Crippen LogP contribution in [0.15, 0.2) is 35.5 Å². The first-order chi connectivity index (χ1) is 16.9. The Bertz CT molecular complexity index is 1240. The number of aliphatic hydroxyl groups is 1. The van der Waals surface area contributed by atoms with Gasteiger partial charge >= 0.3 is 0 Å². The zero-order chi connectivity index (χ0) is 28.0. The van der Waals surface area contributed by atoms with Crippen LogP contribution in [0.4, 0.5) is 10.9 Å². The molecule has 0 aliphatic rings. The van der Waals surface area contributed by atoms with E-state index < -0.39 is 38.6 Å². The van der Waals surface area contributed by atoms with Crippen LogP contribution in [0, 0.1) is 5.89 Å². The number of thiazole rings is 1. The number of thioether (sulfide) groups is 1. The van der Waals surface area contributed by atoms with Gasteiger partial charge in [0.05, 0.1) is 14.0 Å². The van der Waals surface area contributed by atoms with Crippen molar-refractivity contribution in [3.63, 3.8) is 0 Å². The lowest BCUT2D eigenvalue weighted by Gasteiger charge is -2.19. The van der Waals surface area contributed by atoms with Crippen molar-refractivity contribution < 1.29 is 18.8 Å². The molecule has 0 aliphatic carbocycles. The molecule has 8 heteroatoms. The molecule has 2 atom stereocenters. The summed E-state index contributed by atoms with van der Waals surface area (Å²) in [6.45, 7) is -6.87. The zero-order valence-electron chi connectivity index (χ0n) is 24.4. The van der Waals surface area contributed by atoms with Crippen LogP contribution in [0.25, 0.3) is 10.3 Å². The van der Waals surface area contributed by atoms with Crippen molar-refractivity contribution in [1.82, 2.24) is 15.0 Å². The molecule has 0 bridgehead atoms. The Morgan fingerprint density at radius 3 is 2.81 bits per heavy atom. The Morgan fingerprint density at radius 2 is 2.11 bits per heavy atom. The third kappa shape index (κ3) is 5.09. The number of fused-ring (bicyclic) bond motifs is 1. The molecular weight excluding hydrogens is 378 g/mol. The van der Waals surface area contributed by atoms with Crippen LogP contribution in [0.1, 0.15) is 51.5 Å². The van der Waals surface area contributed by atoms with Gasteiger partial charge in [-0.1, -0.05) is 67.1 Å². The number of nitrogen functional groups attached to an aromatic ring is 1. The van der Waals surface area contributed by atoms with Crippen LogP contribution in [0.3, 0.4) is 0 Å². The first kappa shape index (κ1) is 10.6. The third-order valence-electron chi connectivity index (χ3n) is 3.50. The number of hydrogen-bond donors (Lipinski definition) is 3. The van der Waals surface area contributed by atoms with Crippen LogP contribution < -0.4 is 11.1 Å². The van der Waals surface area contributed by atoms with Gasteiger partial charge in [-0.2, -0.15) is 0 Å². The van der Waals surface area contributed by atoms with Crippen molar-refractivity contribution in [3.8, 4) is 0 Å². The fraction of sp³-hybridized carbons (Fsp3) is 0.421. The molecule has 3 rings (SSSR count). The number of nitrogens with zero attached hydrogens (tertiary/aromatic N) is 3. The Morgan fingerprint density at radius 1 is 1.33 bits per heavy atom. The first-order valence-electron chi connectivity index (χ1n) is 12.9. The van der Waals surface area contributed by atoms with Gasteiger partial charge in [0, 0.05) is 17.6 Å². The van der Waals surface area contributed by atoms with Gasteiger partial charge in [0.1, 0.15) is 4.70 Å². The van der Waals surface area contributed by atoms with Gasteiger partial charge in [0.2, 0.25) is 0 Å². The lowest BCUT2D eigenvalue weighted by Crippen LogP contribution is -2.26. The molecule has 0 fully saturated rings. The van der Waals surface area contributed by atoms with Gasteiger partial charge in [-0.3, -0.25) is 0 Å². The summed E-state index contributed by atoms with van der Waals surface area (Å²) in [4.78, 5) is 12.8. The van der Waals surface area contributed by atoms with Gasteiger partial charge in [-0.25, -0.2) is 15.0 Å². The highest BCUT2D eigenvalue weighted by atomic mass is 32.2. The average Bonchev–Trinajstić information content (AvgIpc) is 3.17. The maximum Gasteiger partial charge on any atom is 0.192 e. The van der Waals surface area contributed by atoms with Crippen LogP contribution in [-0.4, -0.2) is 32.7 Å². The van der Waals surface area contributed by atoms with Crippen LogP contribution in [-0.2, 0) is 0 Å². The number of aliphatic hydroxyl groups excluding tert-OH is 1. The van der Waals surface area contributed by atoms with Crippen molar-refractivity contribution in [1.29, 1.82) is 0 Å². The SMILES string of the molecule is [2H]C([2H])([2H])C([2H])(C([2H])([2H])[2H])C([2H])([2H])[C@]([2H])(CO)Nc1nc(S[C@@H](C)c2ccccc2)nc2nc(N)sc12. The van der Waals surface area contributed by atoms with Gasteiger partial charge in [-0.15, -0.1) is 0 Å². The van der Waals surface area contributed by atoms with E-state index in [9.17, 15) is 5.11 Å². The number of hydrogen-bond acceptors (Lipinski definition) is 8. The summed E-state index contributed by atoms with van der Waals surface area (Å²) >= 11 is 2.11. The molecule has 0 aliphatic heterocycles. The van der Waals surface area contributed by atoms with E-state index in [0.29, 0.717) is 0 Å². The molecule has 6 nitrogen and oxygen atoms in total. The molecule has 0 spiro atoms. The van der Waals surface area contributed by atoms with Crippen LogP contribution >= 0.6 is 23.1 Å². The molecule has 2 aromatic heterocycles. The van der Waals surface area contributed by atoms with Crippen molar-refractivity contribution in [3.05, 3.63) is 35.9 Å². The summed E-state index contributed by atoms with van der Waals surface area (Å²) < 4.78 is 80.0. The van der Waals surface area contributed by atoms with E-state index >= 15 is 0 Å². The minimum atomic E-state index is -3.79. The molecule has 0 unspecified atom stereocenters. The Kier molecular flexibility index (Phi) is 3.48. The van der Waals surface area contributed by atoms with E-state index in [1.165, 1.54) is 11.8 Å². The van der Waals surface area contributed by atoms with Gasteiger partial charge in [0.15, 0.2) is 21.8 Å². The molecule has 0 saturated carbocycles. The lowest BCUT2D eigenvalue weighted by molar-refractivity contribution is 0.259. The third-order valence-corrected chi connectivity index (χ3v) is 5.40. The summed E-state index contributed by atoms with van der Waals surface area (Å²) in [5.41, 5.74) is 6.89. The van der Waals surface area contributed by atoms with E-state index in [1.807, 2.05) is 37.3 Å². The fourth-order valence-electron chi connectivity index (χ4n) is 2.31. The molecule has 0 saturated heterocycles. The van der Waals surface area contributed by atoms with Gasteiger partial charge in [0.25, 0.3) is 0 Å². The first-order valence-corrected chi connectivity index (χ1v) is 9.62. The van der Waals surface area contributed by atoms with E-state index in [0.717, 1.165) is 16.9 Å². The van der Waals surface area contributed by atoms with Crippen molar-refractivity contribution in [2.24, 2.45) is 5.89 Å². The Hall–Kier alpha value is -1.90. The number of nitrogens with one attached hydrogen (secondary N) is 1. The van der Waals surface area contributed by atoms with Crippen molar-refractivity contribution in [2.75, 3.05) is 17.7 Å². The minimum Gasteiger partial charge on any atom is -0.394 e. The molecule has 2 heterocycles. The second-order valence-corrected chi connectivity index (χ2v) is 7.83. The van der Waals surface area contributed by atoms with Gasteiger partial charge < -0.3 is 16.2 Å². The highest BCUT2D eigenvalue weighted by molar-refractivity contribution is 7.99. The maximum atomic E-state index is 10.1. The predicted molar refractivity (Wildman–Crippen MR) is 114 cm³/mol. The van der Waals surface area contributed by atoms with Crippen molar-refractivity contribution in [2.45, 2.75) is 43.4 Å². The number of rotatable bonds is 8. The molecule has 27 heavy (non-hydrogen) atoms. The van der Waals surface area contributed by atoms with Crippen LogP contribution in [0.5, 0.6) is 0 Å². The number of benzene rings is 1. The zero-order valence-corrected chi connectivity index (χ0v) is 16.0. The molecule has 0 amide bonds. The minimum absolute atomic E-state index is 0.0769. The number of aromatic nitrogens is 3. The monoisotopic (exact) mass is 413 g/mol. The predicted octanol–water partition coefficient (Wildman–Crippen LogP) is 4.34. The average molecular weight is 414 g/mol. The second-order valence-electron chi connectivity index (χ2n) is 5.49. The quantitative estimate of drug-likeness (QED) is 0.373. The Labute approximate surface area is 181 Å². The van der Waals surface area contributed by atoms with E-state index in [2.05, 4.69) is 20.3 Å². The molecule has 1 aromatic carbocycles. The summed E-state index contributed by atoms with van der Waals surface area (Å²) in [7, 11) is 0. The van der Waals surface area contributed by atoms with Crippen LogP contribution in [0.2, 0.25) is 0 Å². The highest BCUT2D eigenvalue weighted by Crippen LogP contribution is 2.36. The Balaban J connectivity index is 2.12. The molecule has 3 aromatic rings. The van der Waals surface area contributed by atoms with E-state index in [1.54, 1.807) is 0 Å². The number of anilines is 2. The lowest BCUT2D eigenvalue weighted by atomic mass is 10.0. The fourth-order valence-corrected chi connectivity index (χ4v) is 3.92. The summed E-state index contributed by atoms with van der Waals surface area (Å²) in [6, 6.07) is 6.37. The normalized spacial score (nSPS) is 22.3. The van der Waals surface area contributed by atoms with E-state index in [4.69, 9.17) is 19.4 Å². The van der Waals surface area contributed by atoms with Crippen molar-refractivity contribution >= 4 is 44.4 Å². The topological polar surface area (TPSA) is 97.0 Å². The molecular formula is C19H25N5OS2. The highest BCUT2D eigenvalue weighted by Gasteiger charge is 2.18. The molecule has 0 radical (unpaired) electrons. The summed E-state index contributed by atoms with van der Waals surface area (Å²) in [5.74, 6) is -4.00. The summed E-state index contributed by atoms with van der Waals surface area (Å²) in [6.07, 6.45) is -3.66. The summed E-state index contributed by atoms with van der Waals surface area (Å²) in [5, 5.41) is 12.6. The molecule has 144 valence electrons. The molecule has 4 N–H and O–H groups in total. The standard InChI is InChI=1S/C19H25N5OS2/c1-11(2)9-14(10-25)21-16-15-17(22-18(20)27-15)24-19(23-16)26-12(3)13-7-5-4-6-8-13/h4-8,11-12,14,25H,9-10H2,1-3H3,(H3,20,21,22,23,24)/t12-,14+/m0/s1/i1D3,2D3,9D2,11D,14D. The largest absolute Gasteiger partial charge is 0.394 e. The smallest absolute Gasteiger partial charge is 0.192 e. The van der Waals surface area contributed by atoms with Gasteiger partial charge in [-0.05, 0) is 24.8 Å². The number of nitrogens with two attached hydrogens (primary N) is 1.